The summed E-state index contributed by atoms with van der Waals surface area (Å²) in [5.74, 6) is 1.29. The lowest BCUT2D eigenvalue weighted by Gasteiger charge is -2.19. The number of methoxy groups -OCH3 is 2. The van der Waals surface area contributed by atoms with Crippen LogP contribution in [0.25, 0.3) is 0 Å². The van der Waals surface area contributed by atoms with Crippen LogP contribution >= 0.6 is 0 Å². The molecule has 0 saturated carbocycles. The number of hydrogen-bond donors (Lipinski definition) is 1. The van der Waals surface area contributed by atoms with Crippen LogP contribution in [0, 0.1) is 6.92 Å². The Morgan fingerprint density at radius 1 is 1.09 bits per heavy atom. The summed E-state index contributed by atoms with van der Waals surface area (Å²) < 4.78 is 10.5. The highest BCUT2D eigenvalue weighted by Crippen LogP contribution is 2.25. The second kappa shape index (κ2) is 7.68. The zero-order valence-electron chi connectivity index (χ0n) is 14.1. The standard InChI is InChI=1S/C19H23NO3/c1-5-16(14-10-11-17(22-3)13(2)12-14)20-19(21)15-8-6-7-9-18(15)23-4/h6-12,16H,5H2,1-4H3,(H,20,21)/t16-/m1/s1. The van der Waals surface area contributed by atoms with Crippen molar-refractivity contribution in [3.8, 4) is 11.5 Å². The molecule has 0 aliphatic rings. The van der Waals surface area contributed by atoms with Crippen molar-refractivity contribution in [2.24, 2.45) is 0 Å². The fourth-order valence-electron chi connectivity index (χ4n) is 2.61. The van der Waals surface area contributed by atoms with Gasteiger partial charge >= 0.3 is 0 Å². The molecule has 0 saturated heterocycles. The van der Waals surface area contributed by atoms with Crippen LogP contribution in [0.2, 0.25) is 0 Å². The van der Waals surface area contributed by atoms with E-state index in [9.17, 15) is 4.79 Å². The number of carbonyl (C=O) groups is 1. The van der Waals surface area contributed by atoms with Gasteiger partial charge in [0, 0.05) is 0 Å². The number of rotatable bonds is 6. The fraction of sp³-hybridized carbons (Fsp3) is 0.316. The molecule has 0 fully saturated rings. The Labute approximate surface area is 137 Å². The van der Waals surface area contributed by atoms with Crippen LogP contribution in [0.5, 0.6) is 11.5 Å². The third-order valence-corrected chi connectivity index (χ3v) is 3.89. The SMILES string of the molecule is CC[C@@H](NC(=O)c1ccccc1OC)c1ccc(OC)c(C)c1. The van der Waals surface area contributed by atoms with E-state index in [1.54, 1.807) is 26.4 Å². The van der Waals surface area contributed by atoms with Gasteiger partial charge in [-0.15, -0.1) is 0 Å². The van der Waals surface area contributed by atoms with Crippen molar-refractivity contribution in [3.63, 3.8) is 0 Å². The van der Waals surface area contributed by atoms with E-state index in [1.165, 1.54) is 0 Å². The maximum atomic E-state index is 12.6. The molecule has 1 atom stereocenters. The van der Waals surface area contributed by atoms with Crippen LogP contribution in [-0.2, 0) is 0 Å². The predicted molar refractivity (Wildman–Crippen MR) is 91.2 cm³/mol. The zero-order chi connectivity index (χ0) is 16.8. The number of ether oxygens (including phenoxy) is 2. The molecule has 0 aromatic heterocycles. The highest BCUT2D eigenvalue weighted by Gasteiger charge is 2.17. The number of aryl methyl sites for hydroxylation is 1. The summed E-state index contributed by atoms with van der Waals surface area (Å²) in [7, 11) is 3.22. The van der Waals surface area contributed by atoms with Crippen LogP contribution in [0.15, 0.2) is 42.5 Å². The van der Waals surface area contributed by atoms with Crippen molar-refractivity contribution in [2.45, 2.75) is 26.3 Å². The molecule has 0 unspecified atom stereocenters. The molecule has 0 radical (unpaired) electrons. The molecule has 4 heteroatoms. The topological polar surface area (TPSA) is 47.6 Å². The molecule has 0 spiro atoms. The molecule has 122 valence electrons. The van der Waals surface area contributed by atoms with Crippen molar-refractivity contribution < 1.29 is 14.3 Å². The number of para-hydroxylation sites is 1. The average molecular weight is 313 g/mol. The lowest BCUT2D eigenvalue weighted by Crippen LogP contribution is -2.28. The molecule has 23 heavy (non-hydrogen) atoms. The normalized spacial score (nSPS) is 11.7. The first-order valence-corrected chi connectivity index (χ1v) is 7.69. The van der Waals surface area contributed by atoms with Crippen LogP contribution in [0.4, 0.5) is 0 Å². The van der Waals surface area contributed by atoms with Gasteiger partial charge in [-0.1, -0.05) is 31.2 Å². The van der Waals surface area contributed by atoms with E-state index in [4.69, 9.17) is 9.47 Å². The summed E-state index contributed by atoms with van der Waals surface area (Å²) in [6.07, 6.45) is 0.798. The van der Waals surface area contributed by atoms with Crippen molar-refractivity contribution in [2.75, 3.05) is 14.2 Å². The first-order valence-electron chi connectivity index (χ1n) is 7.69. The molecule has 4 nitrogen and oxygen atoms in total. The molecule has 0 aliphatic carbocycles. The average Bonchev–Trinajstić information content (AvgIpc) is 2.59. The van der Waals surface area contributed by atoms with Crippen LogP contribution < -0.4 is 14.8 Å². The summed E-state index contributed by atoms with van der Waals surface area (Å²) in [5.41, 5.74) is 2.66. The van der Waals surface area contributed by atoms with Crippen molar-refractivity contribution in [1.82, 2.24) is 5.32 Å². The van der Waals surface area contributed by atoms with Crippen molar-refractivity contribution in [3.05, 3.63) is 59.2 Å². The van der Waals surface area contributed by atoms with Gasteiger partial charge in [-0.2, -0.15) is 0 Å². The highest BCUT2D eigenvalue weighted by molar-refractivity contribution is 5.97. The van der Waals surface area contributed by atoms with Gasteiger partial charge < -0.3 is 14.8 Å². The molecule has 2 aromatic carbocycles. The summed E-state index contributed by atoms with van der Waals surface area (Å²) in [6.45, 7) is 4.05. The number of amides is 1. The lowest BCUT2D eigenvalue weighted by atomic mass is 10.0. The van der Waals surface area contributed by atoms with Gasteiger partial charge in [0.05, 0.1) is 25.8 Å². The van der Waals surface area contributed by atoms with E-state index in [2.05, 4.69) is 11.4 Å². The summed E-state index contributed by atoms with van der Waals surface area (Å²) in [6, 6.07) is 13.1. The largest absolute Gasteiger partial charge is 0.496 e. The van der Waals surface area contributed by atoms with Crippen LogP contribution in [0.1, 0.15) is 40.9 Å². The Morgan fingerprint density at radius 2 is 1.78 bits per heavy atom. The Bertz CT molecular complexity index is 682. The molecule has 1 amide bonds. The summed E-state index contributed by atoms with van der Waals surface area (Å²) in [5, 5.41) is 3.08. The van der Waals surface area contributed by atoms with Gasteiger partial charge in [-0.05, 0) is 42.7 Å². The highest BCUT2D eigenvalue weighted by atomic mass is 16.5. The number of benzene rings is 2. The summed E-state index contributed by atoms with van der Waals surface area (Å²) >= 11 is 0. The Kier molecular flexibility index (Phi) is 5.63. The van der Waals surface area contributed by atoms with Crippen LogP contribution in [-0.4, -0.2) is 20.1 Å². The molecule has 0 heterocycles. The summed E-state index contributed by atoms with van der Waals surface area (Å²) in [4.78, 5) is 12.6. The Morgan fingerprint density at radius 3 is 2.39 bits per heavy atom. The third-order valence-electron chi connectivity index (χ3n) is 3.89. The molecule has 2 rings (SSSR count). The zero-order valence-corrected chi connectivity index (χ0v) is 14.1. The van der Waals surface area contributed by atoms with Gasteiger partial charge in [-0.3, -0.25) is 4.79 Å². The lowest BCUT2D eigenvalue weighted by molar-refractivity contribution is 0.0932. The smallest absolute Gasteiger partial charge is 0.255 e. The van der Waals surface area contributed by atoms with Gasteiger partial charge in [0.25, 0.3) is 5.91 Å². The predicted octanol–water partition coefficient (Wildman–Crippen LogP) is 3.89. The maximum absolute atomic E-state index is 12.6. The van der Waals surface area contributed by atoms with E-state index in [0.29, 0.717) is 11.3 Å². The second-order valence-corrected chi connectivity index (χ2v) is 5.36. The first kappa shape index (κ1) is 16.9. The molecule has 2 aromatic rings. The molecule has 0 bridgehead atoms. The molecular formula is C19H23NO3. The van der Waals surface area contributed by atoms with E-state index in [0.717, 1.165) is 23.3 Å². The van der Waals surface area contributed by atoms with E-state index in [-0.39, 0.29) is 11.9 Å². The third kappa shape index (κ3) is 3.83. The number of nitrogens with one attached hydrogen (secondary N) is 1. The van der Waals surface area contributed by atoms with E-state index >= 15 is 0 Å². The second-order valence-electron chi connectivity index (χ2n) is 5.36. The molecular weight excluding hydrogens is 290 g/mol. The van der Waals surface area contributed by atoms with E-state index in [1.807, 2.05) is 38.1 Å². The number of hydrogen-bond acceptors (Lipinski definition) is 3. The van der Waals surface area contributed by atoms with E-state index < -0.39 is 0 Å². The minimum absolute atomic E-state index is 0.0583. The quantitative estimate of drug-likeness (QED) is 0.880. The van der Waals surface area contributed by atoms with Gasteiger partial charge in [0.2, 0.25) is 0 Å². The van der Waals surface area contributed by atoms with Crippen LogP contribution in [0.3, 0.4) is 0 Å². The van der Waals surface area contributed by atoms with Gasteiger partial charge in [-0.25, -0.2) is 0 Å². The first-order chi connectivity index (χ1) is 11.1. The maximum Gasteiger partial charge on any atom is 0.255 e. The Hall–Kier alpha value is -2.49. The monoisotopic (exact) mass is 313 g/mol. The fourth-order valence-corrected chi connectivity index (χ4v) is 2.61. The van der Waals surface area contributed by atoms with Gasteiger partial charge in [0.1, 0.15) is 11.5 Å². The molecule has 1 N–H and O–H groups in total. The number of carbonyl (C=O) groups excluding carboxylic acids is 1. The Balaban J connectivity index is 2.22. The van der Waals surface area contributed by atoms with Gasteiger partial charge in [0.15, 0.2) is 0 Å². The minimum atomic E-state index is -0.136. The minimum Gasteiger partial charge on any atom is -0.496 e. The molecule has 0 aliphatic heterocycles. The van der Waals surface area contributed by atoms with Crippen molar-refractivity contribution >= 4 is 5.91 Å². The van der Waals surface area contributed by atoms with Crippen molar-refractivity contribution in [1.29, 1.82) is 0 Å².